The second kappa shape index (κ2) is 6.79. The standard InChI is InChI=1S/C20H20FN3/c1-13-10-19(15(3)22-11-13)17-6-9-20(23-12-17)24-14(2)16-4-7-18(21)8-5-16/h4-12,14H,1-3H3,(H,23,24)/t14-/m1/s1. The van der Waals surface area contributed by atoms with E-state index in [1.807, 2.05) is 45.3 Å². The zero-order valence-corrected chi connectivity index (χ0v) is 14.0. The Hall–Kier alpha value is -2.75. The van der Waals surface area contributed by atoms with Gasteiger partial charge in [0.25, 0.3) is 0 Å². The van der Waals surface area contributed by atoms with Gasteiger partial charge >= 0.3 is 0 Å². The molecule has 0 aliphatic heterocycles. The minimum atomic E-state index is -0.226. The summed E-state index contributed by atoms with van der Waals surface area (Å²) >= 11 is 0. The zero-order chi connectivity index (χ0) is 17.1. The van der Waals surface area contributed by atoms with Crippen LogP contribution in [0.25, 0.3) is 11.1 Å². The van der Waals surface area contributed by atoms with Crippen molar-refractivity contribution in [1.29, 1.82) is 0 Å². The molecule has 0 aliphatic rings. The van der Waals surface area contributed by atoms with Gasteiger partial charge < -0.3 is 5.32 Å². The van der Waals surface area contributed by atoms with Crippen molar-refractivity contribution in [2.75, 3.05) is 5.32 Å². The van der Waals surface area contributed by atoms with Crippen LogP contribution in [0, 0.1) is 19.7 Å². The van der Waals surface area contributed by atoms with Crippen molar-refractivity contribution >= 4 is 5.82 Å². The van der Waals surface area contributed by atoms with E-state index in [2.05, 4.69) is 21.4 Å². The molecule has 24 heavy (non-hydrogen) atoms. The van der Waals surface area contributed by atoms with Crippen molar-refractivity contribution in [3.63, 3.8) is 0 Å². The number of halogens is 1. The van der Waals surface area contributed by atoms with Crippen molar-refractivity contribution in [3.05, 3.63) is 77.5 Å². The summed E-state index contributed by atoms with van der Waals surface area (Å²) in [7, 11) is 0. The van der Waals surface area contributed by atoms with Crippen molar-refractivity contribution < 1.29 is 4.39 Å². The molecule has 0 amide bonds. The minimum Gasteiger partial charge on any atom is -0.364 e. The van der Waals surface area contributed by atoms with Crippen molar-refractivity contribution in [2.24, 2.45) is 0 Å². The highest BCUT2D eigenvalue weighted by atomic mass is 19.1. The van der Waals surface area contributed by atoms with Crippen molar-refractivity contribution in [1.82, 2.24) is 9.97 Å². The van der Waals surface area contributed by atoms with Crippen LogP contribution in [-0.2, 0) is 0 Å². The fraction of sp³-hybridized carbons (Fsp3) is 0.200. The Morgan fingerprint density at radius 3 is 2.38 bits per heavy atom. The molecule has 3 aromatic rings. The average molecular weight is 321 g/mol. The van der Waals surface area contributed by atoms with E-state index in [0.717, 1.165) is 33.8 Å². The molecule has 0 radical (unpaired) electrons. The summed E-state index contributed by atoms with van der Waals surface area (Å²) in [6.45, 7) is 6.05. The first-order valence-electron chi connectivity index (χ1n) is 7.94. The Morgan fingerprint density at radius 1 is 0.958 bits per heavy atom. The second-order valence-electron chi connectivity index (χ2n) is 6.00. The van der Waals surface area contributed by atoms with Crippen LogP contribution in [0.1, 0.15) is 29.8 Å². The summed E-state index contributed by atoms with van der Waals surface area (Å²) in [6.07, 6.45) is 3.72. The molecule has 4 heteroatoms. The molecule has 1 N–H and O–H groups in total. The average Bonchev–Trinajstić information content (AvgIpc) is 2.58. The Labute approximate surface area is 141 Å². The monoisotopic (exact) mass is 321 g/mol. The van der Waals surface area contributed by atoms with E-state index in [9.17, 15) is 4.39 Å². The number of hydrogen-bond donors (Lipinski definition) is 1. The SMILES string of the molecule is Cc1cnc(C)c(-c2ccc(N[C@H](C)c3ccc(F)cc3)nc2)c1. The summed E-state index contributed by atoms with van der Waals surface area (Å²) in [4.78, 5) is 8.89. The van der Waals surface area contributed by atoms with Gasteiger partial charge in [-0.25, -0.2) is 9.37 Å². The molecule has 0 saturated carbocycles. The lowest BCUT2D eigenvalue weighted by molar-refractivity contribution is 0.626. The van der Waals surface area contributed by atoms with Gasteiger partial charge in [-0.15, -0.1) is 0 Å². The molecule has 0 saturated heterocycles. The number of aryl methyl sites for hydroxylation is 2. The third-order valence-electron chi connectivity index (χ3n) is 4.03. The van der Waals surface area contributed by atoms with Crippen molar-refractivity contribution in [2.45, 2.75) is 26.8 Å². The van der Waals surface area contributed by atoms with Crippen LogP contribution in [0.5, 0.6) is 0 Å². The highest BCUT2D eigenvalue weighted by molar-refractivity contribution is 5.66. The fourth-order valence-corrected chi connectivity index (χ4v) is 2.62. The van der Waals surface area contributed by atoms with Crippen molar-refractivity contribution in [3.8, 4) is 11.1 Å². The predicted molar refractivity (Wildman–Crippen MR) is 95.4 cm³/mol. The number of nitrogens with one attached hydrogen (secondary N) is 1. The first kappa shape index (κ1) is 16.1. The number of anilines is 1. The Morgan fingerprint density at radius 2 is 1.71 bits per heavy atom. The van der Waals surface area contributed by atoms with Gasteiger partial charge in [0.1, 0.15) is 11.6 Å². The largest absolute Gasteiger partial charge is 0.364 e. The molecule has 0 aliphatic carbocycles. The summed E-state index contributed by atoms with van der Waals surface area (Å²) in [5.41, 5.74) is 5.27. The molecule has 0 unspecified atom stereocenters. The topological polar surface area (TPSA) is 37.8 Å². The highest BCUT2D eigenvalue weighted by Gasteiger charge is 2.08. The van der Waals surface area contributed by atoms with Crippen LogP contribution < -0.4 is 5.32 Å². The zero-order valence-electron chi connectivity index (χ0n) is 14.0. The third-order valence-corrected chi connectivity index (χ3v) is 4.03. The first-order chi connectivity index (χ1) is 11.5. The molecule has 1 aromatic carbocycles. The van der Waals surface area contributed by atoms with Gasteiger partial charge in [-0.05, 0) is 62.2 Å². The number of aromatic nitrogens is 2. The van der Waals surface area contributed by atoms with Gasteiger partial charge in [-0.1, -0.05) is 12.1 Å². The Kier molecular flexibility index (Phi) is 4.56. The number of benzene rings is 1. The lowest BCUT2D eigenvalue weighted by Gasteiger charge is -2.15. The number of nitrogens with zero attached hydrogens (tertiary/aromatic N) is 2. The molecule has 2 heterocycles. The number of rotatable bonds is 4. The summed E-state index contributed by atoms with van der Waals surface area (Å²) in [5, 5.41) is 3.33. The highest BCUT2D eigenvalue weighted by Crippen LogP contribution is 2.24. The van der Waals surface area contributed by atoms with E-state index in [-0.39, 0.29) is 11.9 Å². The smallest absolute Gasteiger partial charge is 0.126 e. The van der Waals surface area contributed by atoms with Gasteiger partial charge in [-0.3, -0.25) is 4.98 Å². The van der Waals surface area contributed by atoms with E-state index in [1.54, 1.807) is 12.1 Å². The van der Waals surface area contributed by atoms with E-state index < -0.39 is 0 Å². The molecule has 0 spiro atoms. The Bertz CT molecular complexity index is 827. The van der Waals surface area contributed by atoms with Crippen LogP contribution in [0.4, 0.5) is 10.2 Å². The maximum atomic E-state index is 13.0. The lowest BCUT2D eigenvalue weighted by atomic mass is 10.0. The molecule has 122 valence electrons. The van der Waals surface area contributed by atoms with E-state index in [4.69, 9.17) is 0 Å². The van der Waals surface area contributed by atoms with Gasteiger partial charge in [0.15, 0.2) is 0 Å². The van der Waals surface area contributed by atoms with Gasteiger partial charge in [0.05, 0.1) is 0 Å². The fourth-order valence-electron chi connectivity index (χ4n) is 2.62. The third kappa shape index (κ3) is 3.59. The summed E-state index contributed by atoms with van der Waals surface area (Å²) in [6, 6.07) is 12.7. The van der Waals surface area contributed by atoms with E-state index in [0.29, 0.717) is 0 Å². The summed E-state index contributed by atoms with van der Waals surface area (Å²) in [5.74, 6) is 0.560. The predicted octanol–water partition coefficient (Wildman–Crippen LogP) is 5.07. The Balaban J connectivity index is 1.77. The molecular weight excluding hydrogens is 301 g/mol. The van der Waals surface area contributed by atoms with Gasteiger partial charge in [0, 0.05) is 35.3 Å². The molecule has 0 bridgehead atoms. The maximum Gasteiger partial charge on any atom is 0.126 e. The first-order valence-corrected chi connectivity index (χ1v) is 7.94. The number of hydrogen-bond acceptors (Lipinski definition) is 3. The lowest BCUT2D eigenvalue weighted by Crippen LogP contribution is -2.07. The maximum absolute atomic E-state index is 13.0. The van der Waals surface area contributed by atoms with Gasteiger partial charge in [0.2, 0.25) is 0 Å². The molecule has 3 rings (SSSR count). The normalized spacial score (nSPS) is 12.0. The molecule has 3 nitrogen and oxygen atoms in total. The molecule has 2 aromatic heterocycles. The minimum absolute atomic E-state index is 0.0475. The van der Waals surface area contributed by atoms with Crippen LogP contribution in [-0.4, -0.2) is 9.97 Å². The molecular formula is C20H20FN3. The van der Waals surface area contributed by atoms with E-state index in [1.165, 1.54) is 12.1 Å². The van der Waals surface area contributed by atoms with Gasteiger partial charge in [-0.2, -0.15) is 0 Å². The van der Waals surface area contributed by atoms with Crippen LogP contribution in [0.3, 0.4) is 0 Å². The second-order valence-corrected chi connectivity index (χ2v) is 6.00. The molecule has 0 fully saturated rings. The number of pyridine rings is 2. The van der Waals surface area contributed by atoms with Crippen LogP contribution >= 0.6 is 0 Å². The summed E-state index contributed by atoms with van der Waals surface area (Å²) < 4.78 is 13.0. The molecule has 1 atom stereocenters. The van der Waals surface area contributed by atoms with Crippen LogP contribution in [0.2, 0.25) is 0 Å². The van der Waals surface area contributed by atoms with Crippen LogP contribution in [0.15, 0.2) is 54.9 Å². The quantitative estimate of drug-likeness (QED) is 0.729. The van der Waals surface area contributed by atoms with E-state index >= 15 is 0 Å².